The zero-order chi connectivity index (χ0) is 25.1. The minimum Gasteiger partial charge on any atom is -0.267 e. The summed E-state index contributed by atoms with van der Waals surface area (Å²) in [5.74, 6) is 0. The van der Waals surface area contributed by atoms with Crippen LogP contribution in [0.5, 0.6) is 0 Å². The van der Waals surface area contributed by atoms with E-state index in [1.807, 2.05) is 0 Å². The summed E-state index contributed by atoms with van der Waals surface area (Å²) in [5, 5.41) is 3.65. The van der Waals surface area contributed by atoms with E-state index in [2.05, 4.69) is 28.9 Å². The first-order chi connectivity index (χ1) is 16.5. The molecular formula is C18H16N6O6S5. The molecule has 2 heterocycles. The first-order valence-electron chi connectivity index (χ1n) is 9.38. The molecule has 0 saturated heterocycles. The molecule has 2 aromatic heterocycles. The average Bonchev–Trinajstić information content (AvgIpc) is 3.48. The van der Waals surface area contributed by atoms with Gasteiger partial charge in [0.2, 0.25) is 0 Å². The molecule has 35 heavy (non-hydrogen) atoms. The Balaban J connectivity index is 1.40. The SMILES string of the molecule is O=S(=O)(Nc1ccc(S(=O)(=O)Nc2nccs2)cc1)Nc1ccc(S(=O)(=O)Nc2nccs2)cc1. The fourth-order valence-corrected chi connectivity index (χ4v) is 7.16. The number of anilines is 4. The Morgan fingerprint density at radius 1 is 0.543 bits per heavy atom. The Morgan fingerprint density at radius 3 is 1.23 bits per heavy atom. The lowest BCUT2D eigenvalue weighted by atomic mass is 10.3. The van der Waals surface area contributed by atoms with Crippen LogP contribution in [0.15, 0.2) is 81.5 Å². The quantitative estimate of drug-likeness (QED) is 0.224. The molecule has 4 aromatic rings. The minimum atomic E-state index is -4.11. The molecule has 0 saturated carbocycles. The van der Waals surface area contributed by atoms with Gasteiger partial charge in [0.15, 0.2) is 10.3 Å². The second-order valence-corrected chi connectivity index (χ2v) is 13.2. The molecule has 0 unspecified atom stereocenters. The summed E-state index contributed by atoms with van der Waals surface area (Å²) in [6.45, 7) is 0. The van der Waals surface area contributed by atoms with Crippen molar-refractivity contribution in [1.82, 2.24) is 9.97 Å². The molecular weight excluding hydrogens is 557 g/mol. The highest BCUT2D eigenvalue weighted by Gasteiger charge is 2.18. The Labute approximate surface area is 209 Å². The van der Waals surface area contributed by atoms with Gasteiger partial charge in [-0.3, -0.25) is 18.9 Å². The smallest absolute Gasteiger partial charge is 0.267 e. The van der Waals surface area contributed by atoms with Crippen LogP contribution in [0.25, 0.3) is 0 Å². The van der Waals surface area contributed by atoms with Crippen LogP contribution in [-0.2, 0) is 30.3 Å². The van der Waals surface area contributed by atoms with Crippen LogP contribution in [0.2, 0.25) is 0 Å². The van der Waals surface area contributed by atoms with Crippen molar-refractivity contribution in [3.05, 3.63) is 71.7 Å². The Hall–Kier alpha value is -3.25. The van der Waals surface area contributed by atoms with Gasteiger partial charge < -0.3 is 0 Å². The number of benzene rings is 2. The molecule has 184 valence electrons. The van der Waals surface area contributed by atoms with Gasteiger partial charge in [-0.15, -0.1) is 22.7 Å². The van der Waals surface area contributed by atoms with E-state index in [9.17, 15) is 25.3 Å². The van der Waals surface area contributed by atoms with Gasteiger partial charge in [0.1, 0.15) is 0 Å². The number of hydrogen-bond acceptors (Lipinski definition) is 10. The lowest BCUT2D eigenvalue weighted by molar-refractivity contribution is 0.599. The van der Waals surface area contributed by atoms with E-state index in [1.54, 1.807) is 10.8 Å². The van der Waals surface area contributed by atoms with Crippen molar-refractivity contribution in [3.8, 4) is 0 Å². The summed E-state index contributed by atoms with van der Waals surface area (Å²) >= 11 is 2.24. The largest absolute Gasteiger partial charge is 0.321 e. The molecule has 0 aliphatic heterocycles. The Morgan fingerprint density at radius 2 is 0.914 bits per heavy atom. The molecule has 4 rings (SSSR count). The number of nitrogens with one attached hydrogen (secondary N) is 4. The van der Waals surface area contributed by atoms with Gasteiger partial charge in [-0.25, -0.2) is 26.8 Å². The van der Waals surface area contributed by atoms with Gasteiger partial charge in [-0.05, 0) is 48.5 Å². The van der Waals surface area contributed by atoms with Crippen molar-refractivity contribution in [2.24, 2.45) is 0 Å². The fraction of sp³-hybridized carbons (Fsp3) is 0. The van der Waals surface area contributed by atoms with Gasteiger partial charge in [0.05, 0.1) is 21.2 Å². The van der Waals surface area contributed by atoms with Crippen LogP contribution in [0.3, 0.4) is 0 Å². The molecule has 0 spiro atoms. The highest BCUT2D eigenvalue weighted by atomic mass is 32.2. The zero-order valence-electron chi connectivity index (χ0n) is 17.3. The van der Waals surface area contributed by atoms with Crippen LogP contribution in [0.1, 0.15) is 0 Å². The van der Waals surface area contributed by atoms with E-state index in [1.165, 1.54) is 60.9 Å². The second kappa shape index (κ2) is 9.78. The van der Waals surface area contributed by atoms with Gasteiger partial charge in [0, 0.05) is 23.2 Å². The highest BCUT2D eigenvalue weighted by molar-refractivity contribution is 7.94. The van der Waals surface area contributed by atoms with E-state index >= 15 is 0 Å². The van der Waals surface area contributed by atoms with Crippen LogP contribution in [0, 0.1) is 0 Å². The molecule has 0 bridgehead atoms. The molecule has 0 amide bonds. The summed E-state index contributed by atoms with van der Waals surface area (Å²) in [6, 6.07) is 10.1. The first kappa shape index (κ1) is 24.9. The molecule has 12 nitrogen and oxygen atoms in total. The van der Waals surface area contributed by atoms with Crippen molar-refractivity contribution in [3.63, 3.8) is 0 Å². The number of rotatable bonds is 10. The first-order valence-corrected chi connectivity index (χ1v) is 15.6. The van der Waals surface area contributed by atoms with Crippen molar-refractivity contribution < 1.29 is 25.3 Å². The van der Waals surface area contributed by atoms with Gasteiger partial charge in [-0.2, -0.15) is 8.42 Å². The normalized spacial score (nSPS) is 12.1. The molecule has 2 aromatic carbocycles. The van der Waals surface area contributed by atoms with Crippen LogP contribution >= 0.6 is 22.7 Å². The summed E-state index contributed by atoms with van der Waals surface area (Å²) < 4.78 is 83.6. The maximum absolute atomic E-state index is 12.5. The third-order valence-electron chi connectivity index (χ3n) is 4.14. The fourth-order valence-electron chi connectivity index (χ4n) is 2.64. The standard InChI is InChI=1S/C18H16N6O6S5/c25-33(26,23-17-19-9-11-31-17)15-5-1-13(2-6-15)21-35(29,30)22-14-3-7-16(8-4-14)34(27,28)24-18-20-10-12-32-18/h1-12,21-22H,(H,19,23)(H,20,24). The molecule has 4 N–H and O–H groups in total. The Kier molecular flexibility index (Phi) is 6.95. The number of sulfonamides is 2. The highest BCUT2D eigenvalue weighted by Crippen LogP contribution is 2.22. The van der Waals surface area contributed by atoms with Gasteiger partial charge in [0.25, 0.3) is 20.0 Å². The van der Waals surface area contributed by atoms with Crippen LogP contribution in [-0.4, -0.2) is 35.2 Å². The summed E-state index contributed by atoms with van der Waals surface area (Å²) in [7, 11) is -11.9. The summed E-state index contributed by atoms with van der Waals surface area (Å²) in [6.07, 6.45) is 2.92. The lowest BCUT2D eigenvalue weighted by Gasteiger charge is -2.12. The maximum Gasteiger partial charge on any atom is 0.321 e. The zero-order valence-corrected chi connectivity index (χ0v) is 21.4. The van der Waals surface area contributed by atoms with Crippen molar-refractivity contribution in [1.29, 1.82) is 0 Å². The summed E-state index contributed by atoms with van der Waals surface area (Å²) in [4.78, 5) is 7.56. The molecule has 0 fully saturated rings. The minimum absolute atomic E-state index is 0.0771. The number of nitrogens with zero attached hydrogens (tertiary/aromatic N) is 2. The van der Waals surface area contributed by atoms with Gasteiger partial charge in [-0.1, -0.05) is 0 Å². The van der Waals surface area contributed by atoms with Crippen molar-refractivity contribution >= 4 is 74.6 Å². The third kappa shape index (κ3) is 6.45. The number of aromatic nitrogens is 2. The topological polar surface area (TPSA) is 176 Å². The lowest BCUT2D eigenvalue weighted by Crippen LogP contribution is -2.22. The molecule has 0 radical (unpaired) electrons. The molecule has 0 aliphatic rings. The van der Waals surface area contributed by atoms with Crippen molar-refractivity contribution in [2.45, 2.75) is 9.79 Å². The number of hydrogen-bond donors (Lipinski definition) is 4. The van der Waals surface area contributed by atoms with E-state index in [4.69, 9.17) is 0 Å². The second-order valence-electron chi connectivity index (χ2n) is 6.64. The molecule has 0 aliphatic carbocycles. The maximum atomic E-state index is 12.5. The monoisotopic (exact) mass is 572 g/mol. The average molecular weight is 573 g/mol. The van der Waals surface area contributed by atoms with Gasteiger partial charge >= 0.3 is 10.2 Å². The third-order valence-corrected chi connectivity index (χ3v) is 9.50. The molecule has 0 atom stereocenters. The van der Waals surface area contributed by atoms with E-state index in [0.29, 0.717) is 0 Å². The van der Waals surface area contributed by atoms with Crippen LogP contribution in [0.4, 0.5) is 21.6 Å². The number of thiazole rings is 2. The van der Waals surface area contributed by atoms with Crippen LogP contribution < -0.4 is 18.9 Å². The predicted molar refractivity (Wildman–Crippen MR) is 135 cm³/mol. The molecule has 17 heteroatoms. The summed E-state index contributed by atoms with van der Waals surface area (Å²) in [5.41, 5.74) is 0.218. The Bertz CT molecular complexity index is 1490. The predicted octanol–water partition coefficient (Wildman–Crippen LogP) is 2.97. The van der Waals surface area contributed by atoms with E-state index in [0.717, 1.165) is 22.7 Å². The van der Waals surface area contributed by atoms with Crippen molar-refractivity contribution in [2.75, 3.05) is 18.9 Å². The van der Waals surface area contributed by atoms with E-state index in [-0.39, 0.29) is 31.4 Å². The van der Waals surface area contributed by atoms with E-state index < -0.39 is 30.3 Å².